The monoisotopic (exact) mass is 450 g/mol. The number of carboxylic acid groups (broad SMARTS) is 2. The maximum Gasteiger partial charge on any atom is 0.349 e. The molecule has 4 aromatic rings. The molecule has 2 heterocycles. The fraction of sp³-hybridized carbons (Fsp3) is 0.182. The quantitative estimate of drug-likeness (QED) is 0.352. The Kier molecular flexibility index (Phi) is 4.96. The van der Waals surface area contributed by atoms with Gasteiger partial charge in [-0.05, 0) is 38.1 Å². The van der Waals surface area contributed by atoms with E-state index in [1.165, 1.54) is 24.3 Å². The average Bonchev–Trinajstić information content (AvgIpc) is 3.21. The molecule has 2 N–H and O–H groups in total. The van der Waals surface area contributed by atoms with Gasteiger partial charge in [-0.2, -0.15) is 0 Å². The van der Waals surface area contributed by atoms with Crippen molar-refractivity contribution in [3.8, 4) is 0 Å². The molecule has 4 rings (SSSR count). The molecule has 2 aromatic heterocycles. The summed E-state index contributed by atoms with van der Waals surface area (Å²) in [7, 11) is 3.38. The number of aryl methyl sites for hydroxylation is 4. The number of hydrogen-bond donors (Lipinski definition) is 2. The lowest BCUT2D eigenvalue weighted by Gasteiger charge is -2.09. The number of nitrogens with zero attached hydrogens (tertiary/aromatic N) is 4. The van der Waals surface area contributed by atoms with Crippen molar-refractivity contribution in [2.75, 3.05) is 0 Å². The molecule has 0 radical (unpaired) electrons. The molecule has 33 heavy (non-hydrogen) atoms. The topological polar surface area (TPSA) is 154 Å². The van der Waals surface area contributed by atoms with Gasteiger partial charge in [-0.15, -0.1) is 0 Å². The molecule has 11 heteroatoms. The van der Waals surface area contributed by atoms with Crippen LogP contribution in [0.4, 0.5) is 0 Å². The van der Waals surface area contributed by atoms with Gasteiger partial charge in [0.05, 0.1) is 22.2 Å². The lowest BCUT2D eigenvalue weighted by Crippen LogP contribution is -2.19. The van der Waals surface area contributed by atoms with Gasteiger partial charge >= 0.3 is 23.9 Å². The molecule has 0 aliphatic heterocycles. The number of carbonyl (C=O) groups is 4. The van der Waals surface area contributed by atoms with Crippen LogP contribution in [0.3, 0.4) is 0 Å². The van der Waals surface area contributed by atoms with Crippen LogP contribution < -0.4 is 0 Å². The van der Waals surface area contributed by atoms with E-state index in [1.54, 1.807) is 37.1 Å². The summed E-state index contributed by atoms with van der Waals surface area (Å²) in [6.07, 6.45) is 0. The van der Waals surface area contributed by atoms with Crippen molar-refractivity contribution in [3.05, 3.63) is 58.2 Å². The van der Waals surface area contributed by atoms with Crippen LogP contribution in [-0.2, 0) is 18.8 Å². The minimum atomic E-state index is -1.41. The van der Waals surface area contributed by atoms with Gasteiger partial charge in [-0.1, -0.05) is 0 Å². The Balaban J connectivity index is 1.87. The van der Waals surface area contributed by atoms with E-state index in [2.05, 4.69) is 9.97 Å². The predicted molar refractivity (Wildman–Crippen MR) is 115 cm³/mol. The van der Waals surface area contributed by atoms with Gasteiger partial charge in [0.25, 0.3) is 0 Å². The zero-order chi connectivity index (χ0) is 24.2. The van der Waals surface area contributed by atoms with Crippen LogP contribution >= 0.6 is 0 Å². The fourth-order valence-corrected chi connectivity index (χ4v) is 3.71. The van der Waals surface area contributed by atoms with Crippen molar-refractivity contribution in [3.63, 3.8) is 0 Å². The van der Waals surface area contributed by atoms with Crippen molar-refractivity contribution in [1.29, 1.82) is 0 Å². The number of rotatable bonds is 4. The second-order valence-electron chi connectivity index (χ2n) is 7.44. The van der Waals surface area contributed by atoms with Crippen LogP contribution in [0.15, 0.2) is 24.3 Å². The molecular formula is C22H18N4O7. The van der Waals surface area contributed by atoms with E-state index in [1.807, 2.05) is 0 Å². The number of fused-ring (bicyclic) bond motifs is 2. The Labute approximate surface area is 185 Å². The smallest absolute Gasteiger partial charge is 0.349 e. The van der Waals surface area contributed by atoms with Gasteiger partial charge in [0, 0.05) is 14.1 Å². The first-order valence-electron chi connectivity index (χ1n) is 9.68. The first-order chi connectivity index (χ1) is 15.5. The molecule has 2 aromatic carbocycles. The summed E-state index contributed by atoms with van der Waals surface area (Å²) in [4.78, 5) is 58.1. The number of benzene rings is 2. The van der Waals surface area contributed by atoms with E-state index in [4.69, 9.17) is 4.74 Å². The molecule has 0 unspecified atom stereocenters. The molecule has 0 atom stereocenters. The number of carboxylic acids is 2. The van der Waals surface area contributed by atoms with Crippen LogP contribution in [0.25, 0.3) is 22.1 Å². The summed E-state index contributed by atoms with van der Waals surface area (Å²) in [6.45, 7) is 3.34. The molecule has 0 fully saturated rings. The summed E-state index contributed by atoms with van der Waals surface area (Å²) < 4.78 is 8.32. The lowest BCUT2D eigenvalue weighted by atomic mass is 10.0. The van der Waals surface area contributed by atoms with Crippen LogP contribution in [0.5, 0.6) is 0 Å². The van der Waals surface area contributed by atoms with Crippen molar-refractivity contribution >= 4 is 45.9 Å². The van der Waals surface area contributed by atoms with Crippen molar-refractivity contribution in [2.24, 2.45) is 14.1 Å². The molecule has 168 valence electrons. The van der Waals surface area contributed by atoms with Crippen LogP contribution in [-0.4, -0.2) is 53.2 Å². The SMILES string of the molecule is Cc1nc2c(C(=O)OC(=O)c3c(C(=O)O)ccc4c3nc(C)n4C)c(C(=O)O)ccc2n1C. The van der Waals surface area contributed by atoms with Crippen molar-refractivity contribution < 1.29 is 34.1 Å². The summed E-state index contributed by atoms with van der Waals surface area (Å²) in [6, 6.07) is 5.44. The predicted octanol–water partition coefficient (Wildman–Crippen LogP) is 2.47. The normalized spacial score (nSPS) is 11.2. The number of carbonyl (C=O) groups excluding carboxylic acids is 2. The Morgan fingerprint density at radius 1 is 0.727 bits per heavy atom. The van der Waals surface area contributed by atoms with Crippen molar-refractivity contribution in [1.82, 2.24) is 19.1 Å². The van der Waals surface area contributed by atoms with Gasteiger partial charge in [-0.25, -0.2) is 29.1 Å². The third-order valence-electron chi connectivity index (χ3n) is 5.61. The maximum absolute atomic E-state index is 13.0. The molecule has 0 spiro atoms. The minimum Gasteiger partial charge on any atom is -0.478 e. The van der Waals surface area contributed by atoms with Crippen molar-refractivity contribution in [2.45, 2.75) is 13.8 Å². The molecule has 0 bridgehead atoms. The summed E-state index contributed by atoms with van der Waals surface area (Å²) in [5.41, 5.74) is -0.573. The first-order valence-corrected chi connectivity index (χ1v) is 9.68. The van der Waals surface area contributed by atoms with E-state index in [-0.39, 0.29) is 11.0 Å². The first kappa shape index (κ1) is 21.7. The maximum atomic E-state index is 13.0. The number of imidazole rings is 2. The summed E-state index contributed by atoms with van der Waals surface area (Å²) in [5, 5.41) is 19.2. The number of aromatic nitrogens is 4. The van der Waals surface area contributed by atoms with E-state index < -0.39 is 46.1 Å². The Bertz CT molecular complexity index is 1410. The van der Waals surface area contributed by atoms with Crippen LogP contribution in [0.2, 0.25) is 0 Å². The number of esters is 2. The Morgan fingerprint density at radius 2 is 1.09 bits per heavy atom. The van der Waals surface area contributed by atoms with Gasteiger partial charge in [0.15, 0.2) is 0 Å². The van der Waals surface area contributed by atoms with Crippen LogP contribution in [0.1, 0.15) is 53.1 Å². The van der Waals surface area contributed by atoms with E-state index >= 15 is 0 Å². The zero-order valence-electron chi connectivity index (χ0n) is 18.0. The third kappa shape index (κ3) is 3.30. The number of hydrogen-bond acceptors (Lipinski definition) is 7. The second-order valence-corrected chi connectivity index (χ2v) is 7.44. The zero-order valence-corrected chi connectivity index (χ0v) is 18.0. The standard InChI is InChI=1S/C22H18N4O7/c1-9-23-17-13(25(9)3)7-5-11(19(27)28)15(17)21(31)33-22(32)16-12(20(29)30)6-8-14-18(16)24-10(2)26(14)4/h5-8H,1-4H3,(H,27,28)(H,29,30). The summed E-state index contributed by atoms with van der Waals surface area (Å²) in [5.74, 6) is -4.32. The van der Waals surface area contributed by atoms with E-state index in [0.717, 1.165) is 0 Å². The highest BCUT2D eigenvalue weighted by atomic mass is 16.6. The highest BCUT2D eigenvalue weighted by molar-refractivity contribution is 6.17. The average molecular weight is 450 g/mol. The molecule has 0 amide bonds. The van der Waals surface area contributed by atoms with Gasteiger partial charge < -0.3 is 24.1 Å². The molecule has 0 aliphatic carbocycles. The van der Waals surface area contributed by atoms with E-state index in [0.29, 0.717) is 22.7 Å². The Hall–Kier alpha value is -4.54. The Morgan fingerprint density at radius 3 is 1.42 bits per heavy atom. The van der Waals surface area contributed by atoms with Crippen LogP contribution in [0, 0.1) is 13.8 Å². The number of aromatic carboxylic acids is 2. The van der Waals surface area contributed by atoms with E-state index in [9.17, 15) is 29.4 Å². The minimum absolute atomic E-state index is 0.0537. The number of ether oxygens (including phenoxy) is 1. The van der Waals surface area contributed by atoms with Gasteiger partial charge in [0.1, 0.15) is 33.8 Å². The second kappa shape index (κ2) is 7.55. The van der Waals surface area contributed by atoms with Gasteiger partial charge in [0.2, 0.25) is 0 Å². The molecule has 0 saturated carbocycles. The van der Waals surface area contributed by atoms with Gasteiger partial charge in [-0.3, -0.25) is 0 Å². The highest BCUT2D eigenvalue weighted by Crippen LogP contribution is 2.27. The molecule has 11 nitrogen and oxygen atoms in total. The third-order valence-corrected chi connectivity index (χ3v) is 5.61. The molecule has 0 aliphatic rings. The highest BCUT2D eigenvalue weighted by Gasteiger charge is 2.30. The lowest BCUT2D eigenvalue weighted by molar-refractivity contribution is 0.0389. The fourth-order valence-electron chi connectivity index (χ4n) is 3.71. The molecule has 0 saturated heterocycles. The molecular weight excluding hydrogens is 432 g/mol. The largest absolute Gasteiger partial charge is 0.478 e. The summed E-state index contributed by atoms with van der Waals surface area (Å²) >= 11 is 0.